The fourth-order valence-electron chi connectivity index (χ4n) is 5.29. The average Bonchev–Trinajstić information content (AvgIpc) is 3.25. The molecule has 172 valence electrons. The number of methoxy groups -OCH3 is 2. The van der Waals surface area contributed by atoms with Crippen LogP contribution in [0.1, 0.15) is 16.7 Å². The maximum Gasteiger partial charge on any atom is 0.121 e. The van der Waals surface area contributed by atoms with Crippen LogP contribution in [0.4, 0.5) is 5.69 Å². The largest absolute Gasteiger partial charge is 0.497 e. The SMILES string of the molecule is COCCN1CC2(CNc3cc(OCc4ccccc4)ccc32)[C@H]1Cc1ccc(OC)cc1. The summed E-state index contributed by atoms with van der Waals surface area (Å²) < 4.78 is 16.8. The Morgan fingerprint density at radius 3 is 2.48 bits per heavy atom. The zero-order chi connectivity index (χ0) is 22.7. The topological polar surface area (TPSA) is 43.0 Å². The number of rotatable bonds is 9. The van der Waals surface area contributed by atoms with Crippen LogP contribution in [-0.4, -0.2) is 51.4 Å². The van der Waals surface area contributed by atoms with E-state index < -0.39 is 0 Å². The fraction of sp³-hybridized carbons (Fsp3) is 0.357. The second-order valence-corrected chi connectivity index (χ2v) is 9.02. The Bertz CT molecular complexity index is 1070. The van der Waals surface area contributed by atoms with E-state index in [-0.39, 0.29) is 5.41 Å². The molecule has 5 nitrogen and oxygen atoms in total. The van der Waals surface area contributed by atoms with Gasteiger partial charge in [-0.15, -0.1) is 0 Å². The molecule has 0 radical (unpaired) electrons. The Hall–Kier alpha value is -3.02. The molecule has 2 heterocycles. The van der Waals surface area contributed by atoms with E-state index in [2.05, 4.69) is 64.8 Å². The smallest absolute Gasteiger partial charge is 0.121 e. The van der Waals surface area contributed by atoms with Gasteiger partial charge in [-0.25, -0.2) is 0 Å². The molecule has 1 unspecified atom stereocenters. The number of anilines is 1. The van der Waals surface area contributed by atoms with Crippen molar-refractivity contribution in [2.45, 2.75) is 24.5 Å². The molecule has 3 aromatic rings. The van der Waals surface area contributed by atoms with Crippen LogP contribution < -0.4 is 14.8 Å². The summed E-state index contributed by atoms with van der Waals surface area (Å²) in [6.45, 7) is 4.28. The van der Waals surface area contributed by atoms with E-state index in [1.54, 1.807) is 14.2 Å². The van der Waals surface area contributed by atoms with Crippen molar-refractivity contribution in [1.82, 2.24) is 4.90 Å². The number of hydrogen-bond acceptors (Lipinski definition) is 5. The summed E-state index contributed by atoms with van der Waals surface area (Å²) >= 11 is 0. The molecule has 0 amide bonds. The van der Waals surface area contributed by atoms with Gasteiger partial charge in [0.2, 0.25) is 0 Å². The normalized spacial score (nSPS) is 21.3. The minimum absolute atomic E-state index is 0.112. The maximum absolute atomic E-state index is 6.08. The first-order valence-electron chi connectivity index (χ1n) is 11.6. The van der Waals surface area contributed by atoms with Gasteiger partial charge in [0.1, 0.15) is 18.1 Å². The minimum atomic E-state index is 0.112. The molecule has 1 saturated heterocycles. The second-order valence-electron chi connectivity index (χ2n) is 9.02. The van der Waals surface area contributed by atoms with Crippen LogP contribution in [-0.2, 0) is 23.2 Å². The van der Waals surface area contributed by atoms with E-state index in [1.807, 2.05) is 18.2 Å². The zero-order valence-electron chi connectivity index (χ0n) is 19.4. The molecule has 0 aliphatic carbocycles. The first-order chi connectivity index (χ1) is 16.2. The van der Waals surface area contributed by atoms with Crippen LogP contribution in [0.2, 0.25) is 0 Å². The lowest BCUT2D eigenvalue weighted by atomic mass is 9.66. The number of hydrogen-bond donors (Lipinski definition) is 1. The number of ether oxygens (including phenoxy) is 3. The van der Waals surface area contributed by atoms with E-state index in [1.165, 1.54) is 22.4 Å². The van der Waals surface area contributed by atoms with Crippen molar-refractivity contribution in [3.63, 3.8) is 0 Å². The number of nitrogens with one attached hydrogen (secondary N) is 1. The monoisotopic (exact) mass is 444 g/mol. The summed E-state index contributed by atoms with van der Waals surface area (Å²) in [6.07, 6.45) is 1.00. The van der Waals surface area contributed by atoms with Gasteiger partial charge in [-0.1, -0.05) is 48.5 Å². The van der Waals surface area contributed by atoms with Gasteiger partial charge in [0.05, 0.1) is 13.7 Å². The van der Waals surface area contributed by atoms with Crippen molar-refractivity contribution >= 4 is 5.69 Å². The van der Waals surface area contributed by atoms with Crippen molar-refractivity contribution in [1.29, 1.82) is 0 Å². The lowest BCUT2D eigenvalue weighted by Gasteiger charge is -2.56. The Kier molecular flexibility index (Phi) is 6.25. The van der Waals surface area contributed by atoms with Crippen molar-refractivity contribution in [2.75, 3.05) is 45.8 Å². The third kappa shape index (κ3) is 4.31. The third-order valence-electron chi connectivity index (χ3n) is 7.10. The molecule has 2 atom stereocenters. The zero-order valence-corrected chi connectivity index (χ0v) is 19.4. The molecule has 2 aliphatic rings. The molecule has 1 spiro atoms. The molecule has 5 heteroatoms. The predicted molar refractivity (Wildman–Crippen MR) is 131 cm³/mol. The first kappa shape index (κ1) is 21.8. The van der Waals surface area contributed by atoms with Crippen LogP contribution in [0.15, 0.2) is 72.8 Å². The van der Waals surface area contributed by atoms with Crippen LogP contribution in [0.5, 0.6) is 11.5 Å². The quantitative estimate of drug-likeness (QED) is 0.526. The molecule has 0 aromatic heterocycles. The summed E-state index contributed by atoms with van der Waals surface area (Å²) in [4.78, 5) is 2.56. The lowest BCUT2D eigenvalue weighted by molar-refractivity contribution is -0.0201. The molecule has 1 N–H and O–H groups in total. The van der Waals surface area contributed by atoms with E-state index >= 15 is 0 Å². The number of fused-ring (bicyclic) bond motifs is 2. The number of likely N-dealkylation sites (tertiary alicyclic amines) is 1. The van der Waals surface area contributed by atoms with Crippen molar-refractivity contribution in [2.24, 2.45) is 0 Å². The second kappa shape index (κ2) is 9.46. The van der Waals surface area contributed by atoms with Crippen LogP contribution in [0, 0.1) is 0 Å². The highest BCUT2D eigenvalue weighted by atomic mass is 16.5. The summed E-state index contributed by atoms with van der Waals surface area (Å²) in [5.74, 6) is 1.80. The van der Waals surface area contributed by atoms with Gasteiger partial charge in [-0.2, -0.15) is 0 Å². The summed E-state index contributed by atoms with van der Waals surface area (Å²) in [5.41, 5.74) is 5.22. The van der Waals surface area contributed by atoms with Gasteiger partial charge in [-0.05, 0) is 41.3 Å². The average molecular weight is 445 g/mol. The van der Waals surface area contributed by atoms with Gasteiger partial charge in [-0.3, -0.25) is 4.90 Å². The molecule has 0 saturated carbocycles. The maximum atomic E-state index is 6.08. The van der Waals surface area contributed by atoms with E-state index in [0.29, 0.717) is 12.6 Å². The molecule has 0 bridgehead atoms. The van der Waals surface area contributed by atoms with Crippen LogP contribution >= 0.6 is 0 Å². The number of benzene rings is 3. The van der Waals surface area contributed by atoms with Crippen LogP contribution in [0.25, 0.3) is 0 Å². The van der Waals surface area contributed by atoms with E-state index in [4.69, 9.17) is 14.2 Å². The first-order valence-corrected chi connectivity index (χ1v) is 11.6. The van der Waals surface area contributed by atoms with E-state index in [9.17, 15) is 0 Å². The summed E-state index contributed by atoms with van der Waals surface area (Å²) in [5, 5.41) is 3.68. The Balaban J connectivity index is 1.34. The molecular formula is C28H32N2O3. The van der Waals surface area contributed by atoms with Crippen LogP contribution in [0.3, 0.4) is 0 Å². The number of nitrogens with zero attached hydrogens (tertiary/aromatic N) is 1. The highest BCUT2D eigenvalue weighted by Crippen LogP contribution is 2.49. The molecule has 2 aliphatic heterocycles. The van der Waals surface area contributed by atoms with E-state index in [0.717, 1.165) is 44.2 Å². The molecular weight excluding hydrogens is 412 g/mol. The Morgan fingerprint density at radius 2 is 1.73 bits per heavy atom. The fourth-order valence-corrected chi connectivity index (χ4v) is 5.29. The molecule has 5 rings (SSSR count). The lowest BCUT2D eigenvalue weighted by Crippen LogP contribution is -2.69. The molecule has 3 aromatic carbocycles. The van der Waals surface area contributed by atoms with Gasteiger partial charge in [0.25, 0.3) is 0 Å². The van der Waals surface area contributed by atoms with Crippen molar-refractivity contribution in [3.8, 4) is 11.5 Å². The predicted octanol–water partition coefficient (Wildman–Crippen LogP) is 4.51. The van der Waals surface area contributed by atoms with Gasteiger partial charge < -0.3 is 19.5 Å². The summed E-state index contributed by atoms with van der Waals surface area (Å²) in [6, 6.07) is 25.7. The highest BCUT2D eigenvalue weighted by Gasteiger charge is 2.56. The van der Waals surface area contributed by atoms with Crippen molar-refractivity contribution in [3.05, 3.63) is 89.5 Å². The molecule has 33 heavy (non-hydrogen) atoms. The summed E-state index contributed by atoms with van der Waals surface area (Å²) in [7, 11) is 3.48. The molecule has 1 fully saturated rings. The van der Waals surface area contributed by atoms with Gasteiger partial charge >= 0.3 is 0 Å². The Labute approximate surface area is 196 Å². The third-order valence-corrected chi connectivity index (χ3v) is 7.10. The standard InChI is InChI=1S/C28H32N2O3/c1-31-15-14-30-20-28(27(30)16-21-8-10-23(32-2)11-9-21)19-29-26-17-24(12-13-25(26)28)33-18-22-6-4-3-5-7-22/h3-13,17,27,29H,14-16,18-20H2,1-2H3/t27-,28?/m1/s1. The van der Waals surface area contributed by atoms with Gasteiger partial charge in [0, 0.05) is 50.0 Å². The highest BCUT2D eigenvalue weighted by molar-refractivity contribution is 5.65. The minimum Gasteiger partial charge on any atom is -0.497 e. The Morgan fingerprint density at radius 1 is 0.939 bits per heavy atom. The van der Waals surface area contributed by atoms with Crippen molar-refractivity contribution < 1.29 is 14.2 Å². The van der Waals surface area contributed by atoms with Gasteiger partial charge in [0.15, 0.2) is 0 Å².